The van der Waals surface area contributed by atoms with E-state index in [0.717, 1.165) is 29.8 Å². The zero-order chi connectivity index (χ0) is 23.9. The van der Waals surface area contributed by atoms with Crippen LogP contribution in [-0.2, 0) is 20.6 Å². The number of aliphatic hydroxyl groups excluding tert-OH is 1. The van der Waals surface area contributed by atoms with E-state index in [4.69, 9.17) is 35.3 Å². The van der Waals surface area contributed by atoms with Crippen molar-refractivity contribution in [3.63, 3.8) is 0 Å². The highest BCUT2D eigenvalue weighted by atomic mass is 35.5. The molecule has 3 aromatic rings. The molecule has 0 saturated carbocycles. The first-order valence-corrected chi connectivity index (χ1v) is 12.0. The predicted molar refractivity (Wildman–Crippen MR) is 125 cm³/mol. The summed E-state index contributed by atoms with van der Waals surface area (Å²) >= 11 is 6.54. The molecular formula is C23H26ClN5O6. The molecule has 11 nitrogen and oxygen atoms in total. The number of ether oxygens (including phenoxy) is 5. The lowest BCUT2D eigenvalue weighted by Gasteiger charge is -2.15. The van der Waals surface area contributed by atoms with Crippen molar-refractivity contribution in [3.05, 3.63) is 34.6 Å². The quantitative estimate of drug-likeness (QED) is 0.392. The lowest BCUT2D eigenvalue weighted by atomic mass is 10.1. The number of aromatic nitrogens is 4. The van der Waals surface area contributed by atoms with Crippen LogP contribution in [0.4, 0.5) is 5.82 Å². The summed E-state index contributed by atoms with van der Waals surface area (Å²) in [5.41, 5.74) is 3.23. The van der Waals surface area contributed by atoms with Gasteiger partial charge in [0, 0.05) is 7.11 Å². The number of halogens is 1. The number of rotatable bonds is 8. The molecule has 2 saturated heterocycles. The summed E-state index contributed by atoms with van der Waals surface area (Å²) < 4.78 is 27.9. The van der Waals surface area contributed by atoms with E-state index in [1.165, 1.54) is 0 Å². The van der Waals surface area contributed by atoms with Crippen molar-refractivity contribution in [3.8, 4) is 11.8 Å². The minimum Gasteiger partial charge on any atom is -0.490 e. The van der Waals surface area contributed by atoms with Crippen LogP contribution >= 0.6 is 11.6 Å². The van der Waals surface area contributed by atoms with Crippen molar-refractivity contribution >= 4 is 28.6 Å². The Morgan fingerprint density at radius 2 is 2.09 bits per heavy atom. The van der Waals surface area contributed by atoms with Gasteiger partial charge in [0.15, 0.2) is 11.8 Å². The summed E-state index contributed by atoms with van der Waals surface area (Å²) in [5, 5.41) is 13.8. The minimum absolute atomic E-state index is 0.0198. The second kappa shape index (κ2) is 9.40. The number of anilines is 1. The zero-order valence-electron chi connectivity index (χ0n) is 19.1. The molecule has 2 aliphatic heterocycles. The number of fused-ring (bicyclic) bond motifs is 3. The van der Waals surface area contributed by atoms with Gasteiger partial charge in [-0.25, -0.2) is 4.98 Å². The molecule has 186 valence electrons. The van der Waals surface area contributed by atoms with E-state index in [1.807, 2.05) is 6.07 Å². The predicted octanol–water partition coefficient (Wildman–Crippen LogP) is 2.04. The third-order valence-electron chi connectivity index (χ3n) is 6.53. The van der Waals surface area contributed by atoms with Gasteiger partial charge >= 0.3 is 0 Å². The number of methoxy groups -OCH3 is 1. The van der Waals surface area contributed by atoms with Crippen molar-refractivity contribution < 1.29 is 28.8 Å². The average Bonchev–Trinajstić information content (AvgIpc) is 3.61. The largest absolute Gasteiger partial charge is 0.490 e. The first-order chi connectivity index (χ1) is 17.1. The molecular weight excluding hydrogens is 478 g/mol. The fourth-order valence-electron chi connectivity index (χ4n) is 4.82. The van der Waals surface area contributed by atoms with Gasteiger partial charge < -0.3 is 39.1 Å². The molecule has 1 aliphatic carbocycles. The molecule has 5 heterocycles. The van der Waals surface area contributed by atoms with Gasteiger partial charge in [-0.3, -0.25) is 4.98 Å². The molecule has 0 spiro atoms. The van der Waals surface area contributed by atoms with Crippen LogP contribution in [0.2, 0.25) is 5.02 Å². The van der Waals surface area contributed by atoms with Gasteiger partial charge in [-0.15, -0.1) is 0 Å². The van der Waals surface area contributed by atoms with Gasteiger partial charge in [0.05, 0.1) is 48.3 Å². The van der Waals surface area contributed by atoms with Crippen LogP contribution < -0.4 is 14.8 Å². The maximum atomic E-state index is 9.92. The summed E-state index contributed by atoms with van der Waals surface area (Å²) in [6, 6.07) is 4.08. The zero-order valence-corrected chi connectivity index (χ0v) is 19.8. The molecule has 0 amide bonds. The number of pyridine rings is 2. The van der Waals surface area contributed by atoms with Crippen LogP contribution in [0.15, 0.2) is 18.3 Å². The molecule has 0 radical (unpaired) electrons. The van der Waals surface area contributed by atoms with Crippen LogP contribution in [0, 0.1) is 0 Å². The monoisotopic (exact) mass is 503 g/mol. The Morgan fingerprint density at radius 3 is 2.97 bits per heavy atom. The standard InChI is InChI=1S/C23H26ClN5O6/c1-31-4-5-32-12-6-11-2-3-14(18(11)25-8-12)26-21-13(24)7-15-22(28-21)29-23(27-15)35-17-10-34-19-16(30)9-33-20(17)19/h6-8,14,16-17,19-20,30H,2-5,9-10H2,1H3,(H2,26,27,28,29)/t14?,16-,17-,19-,20-/m1/s1. The SMILES string of the molecule is COCCOc1cnc2c(c1)CCC2Nc1nc2nc(O[C@@H]3CO[C@H]4[C@@H]3OC[C@H]4O)[nH]c2cc1Cl. The lowest BCUT2D eigenvalue weighted by molar-refractivity contribution is 0.00706. The molecule has 3 aromatic heterocycles. The van der Waals surface area contributed by atoms with Gasteiger partial charge in [0.25, 0.3) is 6.01 Å². The van der Waals surface area contributed by atoms with E-state index < -0.39 is 6.10 Å². The summed E-state index contributed by atoms with van der Waals surface area (Å²) in [4.78, 5) is 16.8. The normalized spacial score (nSPS) is 27.2. The van der Waals surface area contributed by atoms with Crippen LogP contribution in [0.3, 0.4) is 0 Å². The van der Waals surface area contributed by atoms with Crippen LogP contribution in [0.5, 0.6) is 11.8 Å². The van der Waals surface area contributed by atoms with Gasteiger partial charge in [-0.2, -0.15) is 4.98 Å². The summed E-state index contributed by atoms with van der Waals surface area (Å²) in [6.07, 6.45) is 1.78. The highest BCUT2D eigenvalue weighted by Crippen LogP contribution is 2.36. The third-order valence-corrected chi connectivity index (χ3v) is 6.81. The second-order valence-corrected chi connectivity index (χ2v) is 9.25. The molecule has 0 bridgehead atoms. The smallest absolute Gasteiger partial charge is 0.296 e. The number of aliphatic hydroxyl groups is 1. The second-order valence-electron chi connectivity index (χ2n) is 8.84. The fraction of sp³-hybridized carbons (Fsp3) is 0.522. The molecule has 6 rings (SSSR count). The Bertz CT molecular complexity index is 1220. The Labute approximate surface area is 206 Å². The van der Waals surface area contributed by atoms with Crippen LogP contribution in [0.1, 0.15) is 23.7 Å². The van der Waals surface area contributed by atoms with Crippen LogP contribution in [0.25, 0.3) is 11.2 Å². The first-order valence-electron chi connectivity index (χ1n) is 11.6. The van der Waals surface area contributed by atoms with Crippen molar-refractivity contribution in [2.24, 2.45) is 0 Å². The molecule has 12 heteroatoms. The van der Waals surface area contributed by atoms with Gasteiger partial charge in [0.1, 0.15) is 36.5 Å². The van der Waals surface area contributed by atoms with E-state index in [-0.39, 0.29) is 31.0 Å². The molecule has 3 N–H and O–H groups in total. The van der Waals surface area contributed by atoms with Crippen molar-refractivity contribution in [1.82, 2.24) is 19.9 Å². The van der Waals surface area contributed by atoms with Gasteiger partial charge in [-0.1, -0.05) is 11.6 Å². The lowest BCUT2D eigenvalue weighted by Crippen LogP contribution is -2.34. The van der Waals surface area contributed by atoms with Gasteiger partial charge in [-0.05, 0) is 30.5 Å². The number of imidazole rings is 1. The summed E-state index contributed by atoms with van der Waals surface area (Å²) in [5.74, 6) is 1.27. The maximum absolute atomic E-state index is 9.92. The molecule has 3 aliphatic rings. The fourth-order valence-corrected chi connectivity index (χ4v) is 5.02. The Hall–Kier alpha value is -2.70. The molecule has 5 atom stereocenters. The van der Waals surface area contributed by atoms with Crippen molar-refractivity contribution in [2.45, 2.75) is 43.3 Å². The molecule has 2 fully saturated rings. The highest BCUT2D eigenvalue weighted by molar-refractivity contribution is 6.33. The van der Waals surface area contributed by atoms with E-state index >= 15 is 0 Å². The Morgan fingerprint density at radius 1 is 1.20 bits per heavy atom. The molecule has 35 heavy (non-hydrogen) atoms. The number of hydrogen-bond donors (Lipinski definition) is 3. The Kier molecular flexibility index (Phi) is 6.11. The van der Waals surface area contributed by atoms with Crippen molar-refractivity contribution in [1.29, 1.82) is 0 Å². The van der Waals surface area contributed by atoms with E-state index in [1.54, 1.807) is 19.4 Å². The van der Waals surface area contributed by atoms with Crippen molar-refractivity contribution in [2.75, 3.05) is 38.9 Å². The topological polar surface area (TPSA) is 133 Å². The number of H-pyrrole nitrogens is 1. The summed E-state index contributed by atoms with van der Waals surface area (Å²) in [7, 11) is 1.64. The summed E-state index contributed by atoms with van der Waals surface area (Å²) in [6.45, 7) is 1.57. The van der Waals surface area contributed by atoms with E-state index in [2.05, 4.69) is 25.3 Å². The van der Waals surface area contributed by atoms with E-state index in [9.17, 15) is 5.11 Å². The first kappa shape index (κ1) is 22.7. The third kappa shape index (κ3) is 4.38. The highest BCUT2D eigenvalue weighted by Gasteiger charge is 2.48. The maximum Gasteiger partial charge on any atom is 0.296 e. The number of hydrogen-bond acceptors (Lipinski definition) is 10. The molecule has 0 aromatic carbocycles. The van der Waals surface area contributed by atoms with Crippen LogP contribution in [-0.4, -0.2) is 83.0 Å². The van der Waals surface area contributed by atoms with Gasteiger partial charge in [0.2, 0.25) is 0 Å². The number of nitrogens with one attached hydrogen (secondary N) is 2. The average molecular weight is 504 g/mol. The Balaban J connectivity index is 1.16. The van der Waals surface area contributed by atoms with E-state index in [0.29, 0.717) is 47.8 Å². The molecule has 1 unspecified atom stereocenters. The number of nitrogens with zero attached hydrogens (tertiary/aromatic N) is 3. The minimum atomic E-state index is -0.636. The number of aryl methyl sites for hydroxylation is 1. The number of aromatic amines is 1.